The summed E-state index contributed by atoms with van der Waals surface area (Å²) in [6, 6.07) is 2.02. The van der Waals surface area contributed by atoms with E-state index in [0.717, 1.165) is 22.5 Å². The molecule has 1 N–H and O–H groups in total. The van der Waals surface area contributed by atoms with Crippen LogP contribution in [0.1, 0.15) is 18.4 Å². The van der Waals surface area contributed by atoms with E-state index in [0.29, 0.717) is 5.92 Å². The fraction of sp³-hybridized carbons (Fsp3) is 0.571. The zero-order valence-electron chi connectivity index (χ0n) is 11.5. The van der Waals surface area contributed by atoms with Crippen LogP contribution in [0.25, 0.3) is 11.2 Å². The topological polar surface area (TPSA) is 36.9 Å². The minimum atomic E-state index is 0.712. The van der Waals surface area contributed by atoms with E-state index in [2.05, 4.69) is 33.4 Å². The Labute approximate surface area is 118 Å². The number of nitrogens with zero attached hydrogens (tertiary/aromatic N) is 3. The smallest absolute Gasteiger partial charge is 0.179 e. The van der Waals surface area contributed by atoms with Crippen molar-refractivity contribution in [3.63, 3.8) is 0 Å². The lowest BCUT2D eigenvalue weighted by molar-refractivity contribution is 0.205. The Morgan fingerprint density at radius 3 is 2.89 bits per heavy atom. The number of piperidine rings is 1. The van der Waals surface area contributed by atoms with Crippen molar-refractivity contribution in [1.29, 1.82) is 0 Å². The fourth-order valence-corrected chi connectivity index (χ4v) is 3.11. The summed E-state index contributed by atoms with van der Waals surface area (Å²) in [7, 11) is 2.19. The Morgan fingerprint density at radius 2 is 2.16 bits per heavy atom. The Kier molecular flexibility index (Phi) is 3.41. The number of fused-ring (bicyclic) bond motifs is 1. The van der Waals surface area contributed by atoms with Gasteiger partial charge in [0.25, 0.3) is 0 Å². The van der Waals surface area contributed by atoms with E-state index in [1.54, 1.807) is 0 Å². The summed E-state index contributed by atoms with van der Waals surface area (Å²) < 4.78 is 2.98. The first-order valence-electron chi connectivity index (χ1n) is 6.88. The number of H-pyrrole nitrogens is 1. The van der Waals surface area contributed by atoms with Gasteiger partial charge in [-0.2, -0.15) is 0 Å². The molecule has 0 saturated carbocycles. The summed E-state index contributed by atoms with van der Waals surface area (Å²) in [6.45, 7) is 5.46. The third-order valence-electron chi connectivity index (χ3n) is 4.15. The molecule has 0 unspecified atom stereocenters. The maximum Gasteiger partial charge on any atom is 0.179 e. The number of hydrogen-bond donors (Lipinski definition) is 1. The number of rotatable bonds is 2. The number of imidazole rings is 1. The number of aromatic amines is 1. The largest absolute Gasteiger partial charge is 0.329 e. The highest BCUT2D eigenvalue weighted by molar-refractivity contribution is 7.71. The molecule has 5 heteroatoms. The van der Waals surface area contributed by atoms with Crippen LogP contribution in [0.5, 0.6) is 0 Å². The molecule has 1 saturated heterocycles. The molecule has 0 spiro atoms. The summed E-state index contributed by atoms with van der Waals surface area (Å²) >= 11 is 5.46. The molecule has 0 aromatic carbocycles. The van der Waals surface area contributed by atoms with Gasteiger partial charge in [0.15, 0.2) is 10.4 Å². The second kappa shape index (κ2) is 5.06. The number of hydrogen-bond acceptors (Lipinski definition) is 3. The summed E-state index contributed by atoms with van der Waals surface area (Å²) in [6.07, 6.45) is 4.36. The van der Waals surface area contributed by atoms with Gasteiger partial charge in [-0.1, -0.05) is 0 Å². The van der Waals surface area contributed by atoms with Gasteiger partial charge in [-0.15, -0.1) is 0 Å². The Morgan fingerprint density at radius 1 is 1.42 bits per heavy atom. The predicted molar refractivity (Wildman–Crippen MR) is 79.9 cm³/mol. The van der Waals surface area contributed by atoms with Crippen molar-refractivity contribution >= 4 is 23.4 Å². The molecule has 0 atom stereocenters. The molecule has 4 nitrogen and oxygen atoms in total. The monoisotopic (exact) mass is 276 g/mol. The molecule has 19 heavy (non-hydrogen) atoms. The molecule has 1 aliphatic heterocycles. The molecule has 0 aliphatic carbocycles. The van der Waals surface area contributed by atoms with E-state index in [4.69, 9.17) is 12.2 Å². The van der Waals surface area contributed by atoms with Crippen molar-refractivity contribution in [1.82, 2.24) is 19.4 Å². The highest BCUT2D eigenvalue weighted by Gasteiger charge is 2.19. The van der Waals surface area contributed by atoms with Crippen LogP contribution >= 0.6 is 12.2 Å². The number of nitrogens with one attached hydrogen (secondary N) is 1. The second-order valence-corrected chi connectivity index (χ2v) is 6.00. The lowest BCUT2D eigenvalue weighted by atomic mass is 9.97. The lowest BCUT2D eigenvalue weighted by Crippen LogP contribution is -2.31. The first-order valence-corrected chi connectivity index (χ1v) is 7.28. The molecular formula is C14H20N4S. The van der Waals surface area contributed by atoms with Gasteiger partial charge in [0, 0.05) is 12.7 Å². The Balaban J connectivity index is 1.91. The highest BCUT2D eigenvalue weighted by Crippen LogP contribution is 2.22. The van der Waals surface area contributed by atoms with Crippen LogP contribution in [-0.4, -0.2) is 39.6 Å². The lowest BCUT2D eigenvalue weighted by Gasteiger charge is -2.29. The van der Waals surface area contributed by atoms with Crippen molar-refractivity contribution in [3.8, 4) is 0 Å². The van der Waals surface area contributed by atoms with Crippen LogP contribution in [0, 0.1) is 17.6 Å². The Hall–Kier alpha value is -1.20. The van der Waals surface area contributed by atoms with Crippen LogP contribution < -0.4 is 0 Å². The van der Waals surface area contributed by atoms with Crippen molar-refractivity contribution in [3.05, 3.63) is 22.6 Å². The highest BCUT2D eigenvalue weighted by atomic mass is 32.1. The van der Waals surface area contributed by atoms with Crippen LogP contribution in [0.4, 0.5) is 0 Å². The third-order valence-corrected chi connectivity index (χ3v) is 4.47. The molecule has 3 rings (SSSR count). The Bertz CT molecular complexity index is 634. The maximum absolute atomic E-state index is 5.46. The number of aryl methyl sites for hydroxylation is 1. The summed E-state index contributed by atoms with van der Waals surface area (Å²) in [5.74, 6) is 0.712. The average molecular weight is 276 g/mol. The van der Waals surface area contributed by atoms with E-state index in [1.165, 1.54) is 31.5 Å². The van der Waals surface area contributed by atoms with E-state index in [9.17, 15) is 0 Å². The molecule has 0 bridgehead atoms. The van der Waals surface area contributed by atoms with Gasteiger partial charge in [-0.05, 0) is 69.7 Å². The van der Waals surface area contributed by atoms with Crippen LogP contribution in [-0.2, 0) is 6.54 Å². The maximum atomic E-state index is 5.46. The molecule has 1 aliphatic rings. The van der Waals surface area contributed by atoms with Crippen molar-refractivity contribution in [2.45, 2.75) is 26.3 Å². The van der Waals surface area contributed by atoms with Crippen LogP contribution in [0.15, 0.2) is 12.3 Å². The number of pyridine rings is 1. The van der Waals surface area contributed by atoms with Gasteiger partial charge in [0.1, 0.15) is 0 Å². The predicted octanol–water partition coefficient (Wildman–Crippen LogP) is 2.74. The quantitative estimate of drug-likeness (QED) is 0.857. The van der Waals surface area contributed by atoms with E-state index in [1.807, 2.05) is 12.3 Å². The van der Waals surface area contributed by atoms with E-state index in [-0.39, 0.29) is 0 Å². The van der Waals surface area contributed by atoms with Gasteiger partial charge >= 0.3 is 0 Å². The van der Waals surface area contributed by atoms with Gasteiger partial charge < -0.3 is 14.5 Å². The third kappa shape index (κ3) is 2.44. The van der Waals surface area contributed by atoms with Gasteiger partial charge in [-0.3, -0.25) is 0 Å². The van der Waals surface area contributed by atoms with Crippen molar-refractivity contribution < 1.29 is 0 Å². The fourth-order valence-electron chi connectivity index (χ4n) is 2.85. The molecule has 3 heterocycles. The standard InChI is InChI=1S/C14H20N4S/c1-10-3-6-15-13-12(10)16-14(19)18(13)9-11-4-7-17(2)8-5-11/h3,6,11H,4-5,7-9H2,1-2H3,(H,16,19). The van der Waals surface area contributed by atoms with Gasteiger partial charge in [0.05, 0.1) is 5.52 Å². The molecule has 1 fully saturated rings. The zero-order valence-corrected chi connectivity index (χ0v) is 12.3. The molecule has 2 aromatic heterocycles. The molecule has 102 valence electrons. The first kappa shape index (κ1) is 12.8. The number of likely N-dealkylation sites (tertiary alicyclic amines) is 1. The van der Waals surface area contributed by atoms with Crippen LogP contribution in [0.3, 0.4) is 0 Å². The van der Waals surface area contributed by atoms with Crippen LogP contribution in [0.2, 0.25) is 0 Å². The molecule has 2 aromatic rings. The minimum absolute atomic E-state index is 0.712. The minimum Gasteiger partial charge on any atom is -0.329 e. The second-order valence-electron chi connectivity index (χ2n) is 5.61. The molecule has 0 amide bonds. The van der Waals surface area contributed by atoms with Crippen molar-refractivity contribution in [2.75, 3.05) is 20.1 Å². The molecule has 0 radical (unpaired) electrons. The normalized spacial score (nSPS) is 18.2. The summed E-state index contributed by atoms with van der Waals surface area (Å²) in [5.41, 5.74) is 3.29. The molecular weight excluding hydrogens is 256 g/mol. The summed E-state index contributed by atoms with van der Waals surface area (Å²) in [4.78, 5) is 10.2. The van der Waals surface area contributed by atoms with E-state index < -0.39 is 0 Å². The van der Waals surface area contributed by atoms with Gasteiger partial charge in [0.2, 0.25) is 0 Å². The zero-order chi connectivity index (χ0) is 13.4. The SMILES string of the molecule is Cc1ccnc2c1[nH]c(=S)n2CC1CCN(C)CC1. The van der Waals surface area contributed by atoms with Crippen molar-refractivity contribution in [2.24, 2.45) is 5.92 Å². The number of aromatic nitrogens is 3. The summed E-state index contributed by atoms with van der Waals surface area (Å²) in [5, 5.41) is 0. The van der Waals surface area contributed by atoms with E-state index >= 15 is 0 Å². The van der Waals surface area contributed by atoms with Gasteiger partial charge in [-0.25, -0.2) is 4.98 Å². The average Bonchev–Trinajstić information content (AvgIpc) is 2.71. The first-order chi connectivity index (χ1) is 9.15.